The standard InChI is InChI=1S/C27H24N4OS/c32-27-25-23-11-10-21(29-15-18-5-4-12-28-14-18)13-24(23)33-26(25)30-17-31(27)16-20-8-3-7-19-6-1-2-9-22(19)20/h1-9,12,14,17,21,29H,10-11,13,15-16H2. The maximum Gasteiger partial charge on any atom is 0.262 e. The maximum atomic E-state index is 13.5. The summed E-state index contributed by atoms with van der Waals surface area (Å²) in [5.41, 5.74) is 3.61. The number of fused-ring (bicyclic) bond motifs is 4. The molecule has 3 heterocycles. The lowest BCUT2D eigenvalue weighted by Crippen LogP contribution is -2.33. The average molecular weight is 453 g/mol. The molecular weight excluding hydrogens is 428 g/mol. The Morgan fingerprint density at radius 1 is 1.09 bits per heavy atom. The summed E-state index contributed by atoms with van der Waals surface area (Å²) in [5.74, 6) is 0. The largest absolute Gasteiger partial charge is 0.309 e. The van der Waals surface area contributed by atoms with Crippen molar-refractivity contribution in [1.29, 1.82) is 0 Å². The zero-order chi connectivity index (χ0) is 22.2. The van der Waals surface area contributed by atoms with Crippen LogP contribution in [0.1, 0.15) is 28.0 Å². The molecular formula is C27H24N4OS. The van der Waals surface area contributed by atoms with Gasteiger partial charge in [0.15, 0.2) is 0 Å². The minimum Gasteiger partial charge on any atom is -0.309 e. The third-order valence-electron chi connectivity index (χ3n) is 6.57. The van der Waals surface area contributed by atoms with Gasteiger partial charge in [-0.2, -0.15) is 0 Å². The second-order valence-electron chi connectivity index (χ2n) is 8.68. The van der Waals surface area contributed by atoms with Crippen LogP contribution in [0.3, 0.4) is 0 Å². The lowest BCUT2D eigenvalue weighted by molar-refractivity contribution is 0.462. The van der Waals surface area contributed by atoms with Gasteiger partial charge in [-0.1, -0.05) is 48.5 Å². The fraction of sp³-hybridized carbons (Fsp3) is 0.222. The van der Waals surface area contributed by atoms with Crippen molar-refractivity contribution in [1.82, 2.24) is 19.9 Å². The third-order valence-corrected chi connectivity index (χ3v) is 7.74. The molecule has 3 aromatic heterocycles. The molecule has 1 aliphatic rings. The van der Waals surface area contributed by atoms with E-state index in [1.807, 2.05) is 24.4 Å². The van der Waals surface area contributed by atoms with Crippen molar-refractivity contribution in [3.8, 4) is 0 Å². The molecule has 5 aromatic rings. The number of aryl methyl sites for hydroxylation is 1. The molecule has 0 radical (unpaired) electrons. The van der Waals surface area contributed by atoms with Crippen LogP contribution >= 0.6 is 11.3 Å². The number of rotatable bonds is 5. The quantitative estimate of drug-likeness (QED) is 0.420. The van der Waals surface area contributed by atoms with Crippen LogP contribution in [0.5, 0.6) is 0 Å². The van der Waals surface area contributed by atoms with Gasteiger partial charge >= 0.3 is 0 Å². The molecule has 0 saturated heterocycles. The van der Waals surface area contributed by atoms with Crippen molar-refractivity contribution in [2.75, 3.05) is 0 Å². The molecule has 5 nitrogen and oxygen atoms in total. The van der Waals surface area contributed by atoms with Crippen molar-refractivity contribution in [3.05, 3.63) is 105 Å². The molecule has 2 aromatic carbocycles. The summed E-state index contributed by atoms with van der Waals surface area (Å²) in [6, 6.07) is 19.0. The first kappa shape index (κ1) is 20.3. The zero-order valence-corrected chi connectivity index (χ0v) is 19.0. The summed E-state index contributed by atoms with van der Waals surface area (Å²) in [5, 5.41) is 6.86. The fourth-order valence-corrected chi connectivity index (χ4v) is 6.12. The van der Waals surface area contributed by atoms with Crippen molar-refractivity contribution in [2.45, 2.75) is 38.4 Å². The van der Waals surface area contributed by atoms with E-state index in [-0.39, 0.29) is 5.56 Å². The predicted octanol–water partition coefficient (Wildman–Crippen LogP) is 4.70. The molecule has 33 heavy (non-hydrogen) atoms. The van der Waals surface area contributed by atoms with Crippen molar-refractivity contribution < 1.29 is 0 Å². The van der Waals surface area contributed by atoms with Gasteiger partial charge in [0.2, 0.25) is 0 Å². The highest BCUT2D eigenvalue weighted by molar-refractivity contribution is 7.18. The van der Waals surface area contributed by atoms with Crippen LogP contribution in [-0.4, -0.2) is 20.6 Å². The average Bonchev–Trinajstić information content (AvgIpc) is 3.24. The zero-order valence-electron chi connectivity index (χ0n) is 18.2. The van der Waals surface area contributed by atoms with Crippen molar-refractivity contribution >= 4 is 32.3 Å². The Morgan fingerprint density at radius 2 is 2.00 bits per heavy atom. The van der Waals surface area contributed by atoms with E-state index in [2.05, 4.69) is 46.7 Å². The van der Waals surface area contributed by atoms with Gasteiger partial charge in [0, 0.05) is 29.9 Å². The summed E-state index contributed by atoms with van der Waals surface area (Å²) in [6.45, 7) is 1.35. The molecule has 0 bridgehead atoms. The Hall–Kier alpha value is -3.35. The Bertz CT molecular complexity index is 1500. The van der Waals surface area contributed by atoms with Gasteiger partial charge in [-0.25, -0.2) is 4.98 Å². The molecule has 1 N–H and O–H groups in total. The Morgan fingerprint density at radius 3 is 2.91 bits per heavy atom. The monoisotopic (exact) mass is 452 g/mol. The van der Waals surface area contributed by atoms with E-state index in [0.717, 1.165) is 41.6 Å². The smallest absolute Gasteiger partial charge is 0.262 e. The number of aromatic nitrogens is 3. The predicted molar refractivity (Wildman–Crippen MR) is 134 cm³/mol. The maximum absolute atomic E-state index is 13.5. The number of nitrogens with one attached hydrogen (secondary N) is 1. The second kappa shape index (κ2) is 8.54. The molecule has 0 aliphatic heterocycles. The van der Waals surface area contributed by atoms with Crippen LogP contribution in [0.4, 0.5) is 0 Å². The van der Waals surface area contributed by atoms with Crippen LogP contribution in [0, 0.1) is 0 Å². The molecule has 1 atom stereocenters. The molecule has 1 unspecified atom stereocenters. The van der Waals surface area contributed by atoms with Crippen LogP contribution in [0.2, 0.25) is 0 Å². The molecule has 0 amide bonds. The van der Waals surface area contributed by atoms with Gasteiger partial charge in [-0.15, -0.1) is 11.3 Å². The lowest BCUT2D eigenvalue weighted by Gasteiger charge is -2.23. The highest BCUT2D eigenvalue weighted by Gasteiger charge is 2.25. The highest BCUT2D eigenvalue weighted by Crippen LogP contribution is 2.34. The molecule has 6 rings (SSSR count). The summed E-state index contributed by atoms with van der Waals surface area (Å²) >= 11 is 1.68. The van der Waals surface area contributed by atoms with E-state index in [0.29, 0.717) is 12.6 Å². The molecule has 0 spiro atoms. The van der Waals surface area contributed by atoms with Gasteiger partial charge in [0.25, 0.3) is 5.56 Å². The molecule has 0 fully saturated rings. The van der Waals surface area contributed by atoms with Gasteiger partial charge in [0.05, 0.1) is 18.3 Å². The number of benzene rings is 2. The van der Waals surface area contributed by atoms with E-state index >= 15 is 0 Å². The van der Waals surface area contributed by atoms with Gasteiger partial charge in [0.1, 0.15) is 4.83 Å². The van der Waals surface area contributed by atoms with Crippen LogP contribution in [-0.2, 0) is 25.9 Å². The molecule has 0 saturated carbocycles. The highest BCUT2D eigenvalue weighted by atomic mass is 32.1. The number of hydrogen-bond donors (Lipinski definition) is 1. The van der Waals surface area contributed by atoms with Gasteiger partial charge in [-0.3, -0.25) is 14.3 Å². The summed E-state index contributed by atoms with van der Waals surface area (Å²) in [4.78, 5) is 24.6. The minimum absolute atomic E-state index is 0.0761. The molecule has 1 aliphatic carbocycles. The van der Waals surface area contributed by atoms with Crippen LogP contribution < -0.4 is 10.9 Å². The van der Waals surface area contributed by atoms with Crippen molar-refractivity contribution in [3.63, 3.8) is 0 Å². The first-order valence-corrected chi connectivity index (χ1v) is 12.2. The molecule has 164 valence electrons. The van der Waals surface area contributed by atoms with Crippen LogP contribution in [0.15, 0.2) is 78.1 Å². The number of thiophene rings is 1. The third kappa shape index (κ3) is 3.86. The topological polar surface area (TPSA) is 59.8 Å². The van der Waals surface area contributed by atoms with Crippen LogP contribution in [0.25, 0.3) is 21.0 Å². The number of nitrogens with zero attached hydrogens (tertiary/aromatic N) is 3. The lowest BCUT2D eigenvalue weighted by atomic mass is 9.93. The fourth-order valence-electron chi connectivity index (χ4n) is 4.87. The second-order valence-corrected chi connectivity index (χ2v) is 9.77. The Labute approximate surface area is 195 Å². The Kier molecular flexibility index (Phi) is 5.24. The summed E-state index contributed by atoms with van der Waals surface area (Å²) < 4.78 is 1.77. The summed E-state index contributed by atoms with van der Waals surface area (Å²) in [6.07, 6.45) is 8.30. The van der Waals surface area contributed by atoms with Crippen molar-refractivity contribution in [2.24, 2.45) is 0 Å². The van der Waals surface area contributed by atoms with E-state index in [1.165, 1.54) is 26.8 Å². The first-order valence-electron chi connectivity index (χ1n) is 11.3. The SMILES string of the molecule is O=c1c2c3c(sc2ncn1Cc1cccc2ccccc12)CC(NCc1cccnc1)CC3. The van der Waals surface area contributed by atoms with E-state index in [4.69, 9.17) is 4.98 Å². The van der Waals surface area contributed by atoms with E-state index < -0.39 is 0 Å². The number of hydrogen-bond acceptors (Lipinski definition) is 5. The van der Waals surface area contributed by atoms with E-state index in [1.54, 1.807) is 28.4 Å². The van der Waals surface area contributed by atoms with E-state index in [9.17, 15) is 4.79 Å². The van der Waals surface area contributed by atoms with Gasteiger partial charge in [-0.05, 0) is 52.8 Å². The first-order chi connectivity index (χ1) is 16.3. The summed E-state index contributed by atoms with van der Waals surface area (Å²) in [7, 11) is 0. The Balaban J connectivity index is 1.28. The normalized spacial score (nSPS) is 15.7. The minimum atomic E-state index is 0.0761. The number of pyridine rings is 1. The molecule has 6 heteroatoms. The van der Waals surface area contributed by atoms with Gasteiger partial charge < -0.3 is 5.32 Å².